The van der Waals surface area contributed by atoms with Gasteiger partial charge in [0.15, 0.2) is 0 Å². The van der Waals surface area contributed by atoms with Gasteiger partial charge in [0.25, 0.3) is 0 Å². The number of benzene rings is 2. The van der Waals surface area contributed by atoms with Crippen LogP contribution in [0.4, 0.5) is 5.69 Å². The van der Waals surface area contributed by atoms with Gasteiger partial charge in [-0.15, -0.1) is 11.3 Å². The van der Waals surface area contributed by atoms with Gasteiger partial charge in [0.1, 0.15) is 16.2 Å². The van der Waals surface area contributed by atoms with Crippen molar-refractivity contribution < 1.29 is 9.59 Å². The van der Waals surface area contributed by atoms with Crippen LogP contribution in [0.25, 0.3) is 21.3 Å². The maximum atomic E-state index is 12.4. The van der Waals surface area contributed by atoms with Crippen LogP contribution >= 0.6 is 23.1 Å². The molecule has 6 nitrogen and oxygen atoms in total. The van der Waals surface area contributed by atoms with Crippen LogP contribution in [0.2, 0.25) is 0 Å². The Morgan fingerprint density at radius 2 is 1.73 bits per heavy atom. The van der Waals surface area contributed by atoms with Crippen molar-refractivity contribution in [3.05, 3.63) is 70.9 Å². The van der Waals surface area contributed by atoms with E-state index in [1.807, 2.05) is 63.2 Å². The third kappa shape index (κ3) is 5.40. The van der Waals surface area contributed by atoms with Gasteiger partial charge in [-0.1, -0.05) is 59.8 Å². The first-order valence-electron chi connectivity index (χ1n) is 10.5. The molecule has 4 aromatic rings. The van der Waals surface area contributed by atoms with Crippen molar-refractivity contribution in [1.29, 1.82) is 0 Å². The van der Waals surface area contributed by atoms with Crippen molar-refractivity contribution in [2.45, 2.75) is 25.8 Å². The molecule has 0 aliphatic rings. The topological polar surface area (TPSA) is 84.0 Å². The number of rotatable bonds is 7. The number of nitrogens with zero attached hydrogens (tertiary/aromatic N) is 2. The average Bonchev–Trinajstić information content (AvgIpc) is 3.24. The van der Waals surface area contributed by atoms with Gasteiger partial charge in [-0.05, 0) is 37.5 Å². The number of anilines is 1. The van der Waals surface area contributed by atoms with Gasteiger partial charge in [-0.25, -0.2) is 9.97 Å². The molecule has 0 atom stereocenters. The lowest BCUT2D eigenvalue weighted by Gasteiger charge is -2.13. The molecule has 2 aromatic carbocycles. The summed E-state index contributed by atoms with van der Waals surface area (Å²) in [6, 6.07) is 14.1. The number of hydrogen-bond acceptors (Lipinski definition) is 6. The van der Waals surface area contributed by atoms with E-state index >= 15 is 0 Å². The summed E-state index contributed by atoms with van der Waals surface area (Å²) in [7, 11) is 0. The minimum atomic E-state index is -0.253. The second kappa shape index (κ2) is 10.1. The number of aryl methyl sites for hydroxylation is 3. The predicted molar refractivity (Wildman–Crippen MR) is 136 cm³/mol. The summed E-state index contributed by atoms with van der Waals surface area (Å²) in [5, 5.41) is 9.38. The summed E-state index contributed by atoms with van der Waals surface area (Å²) in [6.07, 6.45) is 1.52. The molecule has 0 bridgehead atoms. The number of carbonyl (C=O) groups excluding carboxylic acids is 2. The number of thioether (sulfide) groups is 1. The first kappa shape index (κ1) is 22.9. The summed E-state index contributed by atoms with van der Waals surface area (Å²) in [6.45, 7) is 5.86. The highest BCUT2D eigenvalue weighted by atomic mass is 32.2. The smallest absolute Gasteiger partial charge is 0.243 e. The Morgan fingerprint density at radius 3 is 2.45 bits per heavy atom. The van der Waals surface area contributed by atoms with Gasteiger partial charge in [-0.2, -0.15) is 0 Å². The number of carbonyl (C=O) groups is 2. The average molecular weight is 477 g/mol. The van der Waals surface area contributed by atoms with Crippen LogP contribution in [-0.2, 0) is 9.59 Å². The number of hydrogen-bond donors (Lipinski definition) is 2. The fraction of sp³-hybridized carbons (Fsp3) is 0.200. The molecule has 33 heavy (non-hydrogen) atoms. The number of amides is 2. The normalized spacial score (nSPS) is 10.9. The first-order chi connectivity index (χ1) is 15.9. The van der Waals surface area contributed by atoms with Crippen LogP contribution in [0.3, 0.4) is 0 Å². The molecule has 0 aliphatic heterocycles. The quantitative estimate of drug-likeness (QED) is 0.285. The largest absolute Gasteiger partial charge is 0.346 e. The molecular weight excluding hydrogens is 452 g/mol. The Balaban J connectivity index is 1.38. The highest BCUT2D eigenvalue weighted by molar-refractivity contribution is 8.00. The monoisotopic (exact) mass is 476 g/mol. The number of thiophene rings is 1. The molecule has 4 rings (SSSR count). The van der Waals surface area contributed by atoms with Crippen LogP contribution in [-0.4, -0.2) is 34.1 Å². The van der Waals surface area contributed by atoms with E-state index in [1.54, 1.807) is 11.3 Å². The Kier molecular flexibility index (Phi) is 7.05. The SMILES string of the molecule is Cc1cc(C)c(NC(=O)CNC(=O)CSc2ncnc3scc(-c4ccccc4)c23)c(C)c1. The molecule has 0 radical (unpaired) electrons. The van der Waals surface area contributed by atoms with E-state index in [9.17, 15) is 9.59 Å². The molecule has 168 valence electrons. The van der Waals surface area contributed by atoms with Crippen LogP contribution in [0, 0.1) is 20.8 Å². The van der Waals surface area contributed by atoms with Crippen molar-refractivity contribution in [1.82, 2.24) is 15.3 Å². The van der Waals surface area contributed by atoms with Crippen molar-refractivity contribution in [3.8, 4) is 11.1 Å². The summed E-state index contributed by atoms with van der Waals surface area (Å²) in [5.74, 6) is -0.320. The molecular formula is C25H24N4O2S2. The molecule has 2 N–H and O–H groups in total. The molecule has 0 aliphatic carbocycles. The van der Waals surface area contributed by atoms with Crippen LogP contribution in [0.5, 0.6) is 0 Å². The van der Waals surface area contributed by atoms with Crippen molar-refractivity contribution in [2.75, 3.05) is 17.6 Å². The first-order valence-corrected chi connectivity index (χ1v) is 12.3. The number of nitrogens with one attached hydrogen (secondary N) is 2. The van der Waals surface area contributed by atoms with Gasteiger partial charge < -0.3 is 10.6 Å². The fourth-order valence-corrected chi connectivity index (χ4v) is 5.53. The summed E-state index contributed by atoms with van der Waals surface area (Å²) >= 11 is 2.90. The van der Waals surface area contributed by atoms with E-state index in [-0.39, 0.29) is 24.1 Å². The van der Waals surface area contributed by atoms with E-state index in [4.69, 9.17) is 0 Å². The Morgan fingerprint density at radius 1 is 1.00 bits per heavy atom. The molecule has 2 amide bonds. The third-order valence-corrected chi connectivity index (χ3v) is 7.02. The molecule has 2 heterocycles. The second-order valence-corrected chi connectivity index (χ2v) is 9.58. The predicted octanol–water partition coefficient (Wildman–Crippen LogP) is 5.13. The Hall–Kier alpha value is -3.23. The van der Waals surface area contributed by atoms with Crippen molar-refractivity contribution in [2.24, 2.45) is 0 Å². The zero-order valence-electron chi connectivity index (χ0n) is 18.6. The minimum absolute atomic E-state index is 0.0843. The lowest BCUT2D eigenvalue weighted by Crippen LogP contribution is -2.34. The molecule has 0 spiro atoms. The van der Waals surface area contributed by atoms with E-state index in [1.165, 1.54) is 18.1 Å². The molecule has 0 saturated heterocycles. The fourth-order valence-electron chi connectivity index (χ4n) is 3.71. The second-order valence-electron chi connectivity index (χ2n) is 7.76. The zero-order chi connectivity index (χ0) is 23.4. The van der Waals surface area contributed by atoms with Crippen molar-refractivity contribution >= 4 is 50.8 Å². The highest BCUT2D eigenvalue weighted by Crippen LogP contribution is 2.37. The molecule has 2 aromatic heterocycles. The van der Waals surface area contributed by atoms with Gasteiger partial charge in [-0.3, -0.25) is 9.59 Å². The standard InChI is InChI=1S/C25H24N4O2S2/c1-15-9-16(2)23(17(3)10-15)29-20(30)11-26-21(31)13-33-25-22-19(18-7-5-4-6-8-18)12-32-24(22)27-14-28-25/h4-10,12,14H,11,13H2,1-3H3,(H,26,31)(H,29,30). The van der Waals surface area contributed by atoms with Crippen LogP contribution in [0.15, 0.2) is 59.2 Å². The number of aromatic nitrogens is 2. The highest BCUT2D eigenvalue weighted by Gasteiger charge is 2.15. The molecule has 8 heteroatoms. The lowest BCUT2D eigenvalue weighted by atomic mass is 10.1. The maximum absolute atomic E-state index is 12.4. The zero-order valence-corrected chi connectivity index (χ0v) is 20.3. The maximum Gasteiger partial charge on any atom is 0.243 e. The van der Waals surface area contributed by atoms with Gasteiger partial charge in [0, 0.05) is 16.6 Å². The Bertz CT molecular complexity index is 1300. The van der Waals surface area contributed by atoms with Crippen LogP contribution < -0.4 is 10.6 Å². The summed E-state index contributed by atoms with van der Waals surface area (Å²) in [4.78, 5) is 34.5. The molecule has 0 saturated carbocycles. The van der Waals surface area contributed by atoms with Gasteiger partial charge in [0.2, 0.25) is 11.8 Å². The Labute approximate surface area is 200 Å². The minimum Gasteiger partial charge on any atom is -0.346 e. The van der Waals surface area contributed by atoms with Crippen LogP contribution in [0.1, 0.15) is 16.7 Å². The van der Waals surface area contributed by atoms with E-state index in [0.29, 0.717) is 0 Å². The summed E-state index contributed by atoms with van der Waals surface area (Å²) < 4.78 is 0. The lowest BCUT2D eigenvalue weighted by molar-refractivity contribution is -0.122. The van der Waals surface area contributed by atoms with Gasteiger partial charge in [0.05, 0.1) is 17.7 Å². The third-order valence-electron chi connectivity index (χ3n) is 5.15. The van der Waals surface area contributed by atoms with E-state index in [2.05, 4.69) is 26.0 Å². The molecule has 0 fully saturated rings. The van der Waals surface area contributed by atoms with E-state index < -0.39 is 0 Å². The summed E-state index contributed by atoms with van der Waals surface area (Å²) in [5.41, 5.74) is 6.09. The van der Waals surface area contributed by atoms with Gasteiger partial charge >= 0.3 is 0 Å². The van der Waals surface area contributed by atoms with Crippen molar-refractivity contribution in [3.63, 3.8) is 0 Å². The molecule has 0 unspecified atom stereocenters. The van der Waals surface area contributed by atoms with E-state index in [0.717, 1.165) is 48.7 Å². The number of fused-ring (bicyclic) bond motifs is 1.